The van der Waals surface area contributed by atoms with Crippen LogP contribution in [0.25, 0.3) is 0 Å². The fourth-order valence-corrected chi connectivity index (χ4v) is 1.97. The summed E-state index contributed by atoms with van der Waals surface area (Å²) in [6.45, 7) is 1.91. The van der Waals surface area contributed by atoms with Gasteiger partial charge in [-0.25, -0.2) is 19.9 Å². The number of nitrogens with one attached hydrogen (secondary N) is 1. The van der Waals surface area contributed by atoms with E-state index in [1.54, 1.807) is 12.4 Å². The van der Waals surface area contributed by atoms with E-state index >= 15 is 0 Å². The molecule has 3 rings (SSSR count). The van der Waals surface area contributed by atoms with Gasteiger partial charge in [-0.05, 0) is 35.0 Å². The minimum Gasteiger partial charge on any atom is -0.424 e. The Bertz CT molecular complexity index is 779. The first-order valence-corrected chi connectivity index (χ1v) is 7.29. The lowest BCUT2D eigenvalue weighted by Gasteiger charge is -2.08. The zero-order valence-corrected chi connectivity index (χ0v) is 13.3. The van der Waals surface area contributed by atoms with Crippen molar-refractivity contribution in [2.75, 3.05) is 5.32 Å². The third kappa shape index (κ3) is 3.76. The van der Waals surface area contributed by atoms with Crippen LogP contribution < -0.4 is 10.1 Å². The highest BCUT2D eigenvalue weighted by atomic mass is 79.9. The van der Waals surface area contributed by atoms with E-state index in [0.717, 1.165) is 21.7 Å². The molecular formula is C15H12BrN5O. The van der Waals surface area contributed by atoms with Crippen LogP contribution in [-0.2, 0) is 0 Å². The first kappa shape index (κ1) is 14.4. The summed E-state index contributed by atoms with van der Waals surface area (Å²) < 4.78 is 6.42. The van der Waals surface area contributed by atoms with Crippen LogP contribution in [-0.4, -0.2) is 19.9 Å². The number of aryl methyl sites for hydroxylation is 1. The Hall–Kier alpha value is -2.54. The lowest BCUT2D eigenvalue weighted by atomic mass is 10.3. The van der Waals surface area contributed by atoms with Gasteiger partial charge in [0.2, 0.25) is 0 Å². The normalized spacial score (nSPS) is 10.3. The van der Waals surface area contributed by atoms with Crippen molar-refractivity contribution < 1.29 is 4.74 Å². The molecule has 0 unspecified atom stereocenters. The molecule has 1 N–H and O–H groups in total. The average molecular weight is 358 g/mol. The van der Waals surface area contributed by atoms with Crippen LogP contribution >= 0.6 is 15.9 Å². The molecule has 0 radical (unpaired) electrons. The lowest BCUT2D eigenvalue weighted by Crippen LogP contribution is -1.96. The van der Waals surface area contributed by atoms with Crippen molar-refractivity contribution in [1.82, 2.24) is 19.9 Å². The molecule has 0 saturated heterocycles. The molecule has 2 aromatic heterocycles. The van der Waals surface area contributed by atoms with Crippen molar-refractivity contribution in [2.24, 2.45) is 0 Å². The molecule has 22 heavy (non-hydrogen) atoms. The highest BCUT2D eigenvalue weighted by Gasteiger charge is 2.03. The van der Waals surface area contributed by atoms with E-state index in [0.29, 0.717) is 11.8 Å². The standard InChI is InChI=1S/C15H12BrN5O/c1-10-5-14(20-9-19-10)21-12-3-2-4-13(6-12)22-15-17-7-11(16)8-18-15/h2-9H,1H3,(H,19,20,21). The number of benzene rings is 1. The average Bonchev–Trinajstić information content (AvgIpc) is 2.50. The molecule has 0 aliphatic heterocycles. The van der Waals surface area contributed by atoms with Gasteiger partial charge in [0.15, 0.2) is 0 Å². The quantitative estimate of drug-likeness (QED) is 0.763. The molecule has 6 nitrogen and oxygen atoms in total. The smallest absolute Gasteiger partial charge is 0.321 e. The molecule has 0 spiro atoms. The molecule has 3 aromatic rings. The van der Waals surface area contributed by atoms with Crippen LogP contribution in [0.1, 0.15) is 5.69 Å². The number of hydrogen-bond acceptors (Lipinski definition) is 6. The molecule has 110 valence electrons. The van der Waals surface area contributed by atoms with Gasteiger partial charge in [0.25, 0.3) is 0 Å². The molecule has 0 amide bonds. The highest BCUT2D eigenvalue weighted by Crippen LogP contribution is 2.23. The second-order valence-electron chi connectivity index (χ2n) is 4.48. The van der Waals surface area contributed by atoms with E-state index in [1.807, 2.05) is 37.3 Å². The van der Waals surface area contributed by atoms with Crippen LogP contribution in [0.3, 0.4) is 0 Å². The second kappa shape index (κ2) is 6.48. The second-order valence-corrected chi connectivity index (χ2v) is 5.40. The van der Waals surface area contributed by atoms with Gasteiger partial charge in [0.05, 0.1) is 4.47 Å². The SMILES string of the molecule is Cc1cc(Nc2cccc(Oc3ncc(Br)cn3)c2)ncn1. The summed E-state index contributed by atoms with van der Waals surface area (Å²) in [5, 5.41) is 3.20. The molecule has 0 fully saturated rings. The Morgan fingerprint density at radius 1 is 1.05 bits per heavy atom. The highest BCUT2D eigenvalue weighted by molar-refractivity contribution is 9.10. The number of hydrogen-bond donors (Lipinski definition) is 1. The van der Waals surface area contributed by atoms with Gasteiger partial charge in [0.1, 0.15) is 17.9 Å². The minimum atomic E-state index is 0.290. The molecule has 7 heteroatoms. The number of aromatic nitrogens is 4. The van der Waals surface area contributed by atoms with Crippen molar-refractivity contribution >= 4 is 27.4 Å². The molecule has 1 aromatic carbocycles. The third-order valence-electron chi connectivity index (χ3n) is 2.72. The fourth-order valence-electron chi connectivity index (χ4n) is 1.77. The monoisotopic (exact) mass is 357 g/mol. The van der Waals surface area contributed by atoms with E-state index in [9.17, 15) is 0 Å². The van der Waals surface area contributed by atoms with Gasteiger partial charge < -0.3 is 10.1 Å². The van der Waals surface area contributed by atoms with E-state index < -0.39 is 0 Å². The molecule has 0 atom stereocenters. The van der Waals surface area contributed by atoms with Gasteiger partial charge in [0, 0.05) is 35.9 Å². The molecule has 0 aliphatic carbocycles. The van der Waals surface area contributed by atoms with Crippen molar-refractivity contribution in [3.8, 4) is 11.8 Å². The van der Waals surface area contributed by atoms with Crippen molar-refractivity contribution in [2.45, 2.75) is 6.92 Å². The number of halogens is 1. The Labute approximate surface area is 135 Å². The van der Waals surface area contributed by atoms with Gasteiger partial charge in [-0.15, -0.1) is 0 Å². The topological polar surface area (TPSA) is 72.8 Å². The molecule has 0 aliphatic rings. The Morgan fingerprint density at radius 2 is 1.86 bits per heavy atom. The van der Waals surface area contributed by atoms with Crippen LogP contribution in [0.15, 0.2) is 53.5 Å². The first-order chi connectivity index (χ1) is 10.7. The minimum absolute atomic E-state index is 0.290. The number of ether oxygens (including phenoxy) is 1. The Kier molecular flexibility index (Phi) is 4.24. The summed E-state index contributed by atoms with van der Waals surface area (Å²) in [5.74, 6) is 1.36. The third-order valence-corrected chi connectivity index (χ3v) is 3.13. The van der Waals surface area contributed by atoms with Gasteiger partial charge in [-0.2, -0.15) is 0 Å². The van der Waals surface area contributed by atoms with Crippen molar-refractivity contribution in [3.05, 3.63) is 59.2 Å². The van der Waals surface area contributed by atoms with Gasteiger partial charge in [-0.3, -0.25) is 0 Å². The lowest BCUT2D eigenvalue weighted by molar-refractivity contribution is 0.441. The van der Waals surface area contributed by atoms with E-state index in [4.69, 9.17) is 4.74 Å². The number of rotatable bonds is 4. The summed E-state index contributed by atoms with van der Waals surface area (Å²) in [6.07, 6.45) is 4.79. The summed E-state index contributed by atoms with van der Waals surface area (Å²) in [7, 11) is 0. The summed E-state index contributed by atoms with van der Waals surface area (Å²) in [6, 6.07) is 9.64. The predicted molar refractivity (Wildman–Crippen MR) is 86.3 cm³/mol. The molecular weight excluding hydrogens is 346 g/mol. The number of nitrogens with zero attached hydrogens (tertiary/aromatic N) is 4. The van der Waals surface area contributed by atoms with Gasteiger partial charge in [-0.1, -0.05) is 6.07 Å². The maximum Gasteiger partial charge on any atom is 0.321 e. The Balaban J connectivity index is 1.76. The Morgan fingerprint density at radius 3 is 2.64 bits per heavy atom. The van der Waals surface area contributed by atoms with E-state index in [1.165, 1.54) is 6.33 Å². The first-order valence-electron chi connectivity index (χ1n) is 6.50. The van der Waals surface area contributed by atoms with Crippen LogP contribution in [0.2, 0.25) is 0 Å². The van der Waals surface area contributed by atoms with Crippen molar-refractivity contribution in [3.63, 3.8) is 0 Å². The van der Waals surface area contributed by atoms with E-state index in [-0.39, 0.29) is 0 Å². The fraction of sp³-hybridized carbons (Fsp3) is 0.0667. The van der Waals surface area contributed by atoms with Gasteiger partial charge >= 0.3 is 6.01 Å². The summed E-state index contributed by atoms with van der Waals surface area (Å²) in [5.41, 5.74) is 1.75. The van der Waals surface area contributed by atoms with Crippen LogP contribution in [0, 0.1) is 6.92 Å². The summed E-state index contributed by atoms with van der Waals surface area (Å²) >= 11 is 3.28. The largest absolute Gasteiger partial charge is 0.424 e. The van der Waals surface area contributed by atoms with Crippen LogP contribution in [0.4, 0.5) is 11.5 Å². The zero-order chi connectivity index (χ0) is 15.4. The maximum absolute atomic E-state index is 5.62. The maximum atomic E-state index is 5.62. The van der Waals surface area contributed by atoms with Crippen molar-refractivity contribution in [1.29, 1.82) is 0 Å². The summed E-state index contributed by atoms with van der Waals surface area (Å²) in [4.78, 5) is 16.4. The molecule has 0 saturated carbocycles. The predicted octanol–water partition coefficient (Wildman–Crippen LogP) is 3.87. The molecule has 2 heterocycles. The van der Waals surface area contributed by atoms with Crippen LogP contribution in [0.5, 0.6) is 11.8 Å². The van der Waals surface area contributed by atoms with E-state index in [2.05, 4.69) is 41.2 Å². The number of anilines is 2. The zero-order valence-electron chi connectivity index (χ0n) is 11.7. The molecule has 0 bridgehead atoms.